The van der Waals surface area contributed by atoms with Crippen molar-refractivity contribution in [3.63, 3.8) is 0 Å². The maximum absolute atomic E-state index is 12.9. The summed E-state index contributed by atoms with van der Waals surface area (Å²) in [6, 6.07) is 6.19. The van der Waals surface area contributed by atoms with Crippen LogP contribution in [0.15, 0.2) is 29.2 Å². The van der Waals surface area contributed by atoms with Crippen molar-refractivity contribution in [3.8, 4) is 0 Å². The van der Waals surface area contributed by atoms with E-state index in [0.29, 0.717) is 41.9 Å². The van der Waals surface area contributed by atoms with Crippen LogP contribution in [-0.4, -0.2) is 62.0 Å². The number of thiocarbonyl (C=S) groups is 1. The van der Waals surface area contributed by atoms with Gasteiger partial charge >= 0.3 is 5.97 Å². The highest BCUT2D eigenvalue weighted by Crippen LogP contribution is 2.38. The molecule has 0 bridgehead atoms. The molecule has 178 valence electrons. The van der Waals surface area contributed by atoms with Gasteiger partial charge in [0.25, 0.3) is 0 Å². The Balaban J connectivity index is 1.45. The maximum Gasteiger partial charge on any atom is 0.341 e. The van der Waals surface area contributed by atoms with E-state index in [2.05, 4.69) is 5.32 Å². The number of carbonyl (C=O) groups excluding carboxylic acids is 1. The lowest BCUT2D eigenvalue weighted by atomic mass is 10.1. The van der Waals surface area contributed by atoms with Gasteiger partial charge in [0.05, 0.1) is 17.6 Å². The van der Waals surface area contributed by atoms with E-state index in [9.17, 15) is 13.2 Å². The number of carbonyl (C=O) groups is 1. The molecule has 1 saturated heterocycles. The number of ether oxygens (including phenoxy) is 1. The standard InChI is InChI=1S/C22H26ClN3O4S3/c1-30-21(27)19-17-5-3-2-4-6-18(17)32-20(19)24-22(31)25-11-13-26(14-12-25)33(28,29)16-9-7-15(23)8-10-16/h7-10H,2-6,11-14H2,1H3,(H,24,31). The zero-order valence-electron chi connectivity index (χ0n) is 18.3. The topological polar surface area (TPSA) is 79.0 Å². The minimum Gasteiger partial charge on any atom is -0.465 e. The molecule has 33 heavy (non-hydrogen) atoms. The first-order valence-corrected chi connectivity index (χ1v) is 13.9. The Kier molecular flexibility index (Phi) is 7.59. The number of hydrogen-bond donors (Lipinski definition) is 1. The van der Waals surface area contributed by atoms with Crippen LogP contribution < -0.4 is 5.32 Å². The van der Waals surface area contributed by atoms with Crippen LogP contribution in [0.4, 0.5) is 5.00 Å². The predicted molar refractivity (Wildman–Crippen MR) is 135 cm³/mol. The van der Waals surface area contributed by atoms with E-state index in [-0.39, 0.29) is 10.9 Å². The number of hydrogen-bond acceptors (Lipinski definition) is 6. The molecule has 0 unspecified atom stereocenters. The molecular formula is C22H26ClN3O4S3. The lowest BCUT2D eigenvalue weighted by Crippen LogP contribution is -2.51. The summed E-state index contributed by atoms with van der Waals surface area (Å²) in [4.78, 5) is 15.9. The van der Waals surface area contributed by atoms with E-state index in [4.69, 9.17) is 28.6 Å². The van der Waals surface area contributed by atoms with Gasteiger partial charge in [-0.2, -0.15) is 4.31 Å². The third kappa shape index (κ3) is 5.19. The van der Waals surface area contributed by atoms with Crippen LogP contribution in [0.5, 0.6) is 0 Å². The number of nitrogens with zero attached hydrogens (tertiary/aromatic N) is 2. The van der Waals surface area contributed by atoms with Crippen molar-refractivity contribution in [2.45, 2.75) is 37.0 Å². The highest BCUT2D eigenvalue weighted by atomic mass is 35.5. The largest absolute Gasteiger partial charge is 0.465 e. The minimum atomic E-state index is -3.59. The minimum absolute atomic E-state index is 0.226. The van der Waals surface area contributed by atoms with Crippen molar-refractivity contribution in [1.82, 2.24) is 9.21 Å². The molecule has 2 heterocycles. The molecule has 1 aromatic heterocycles. The van der Waals surface area contributed by atoms with Gasteiger partial charge in [0.1, 0.15) is 5.00 Å². The highest BCUT2D eigenvalue weighted by molar-refractivity contribution is 7.89. The van der Waals surface area contributed by atoms with Gasteiger partial charge in [0.2, 0.25) is 10.0 Å². The van der Waals surface area contributed by atoms with Crippen LogP contribution in [0.1, 0.15) is 40.1 Å². The van der Waals surface area contributed by atoms with E-state index in [1.54, 1.807) is 23.5 Å². The zero-order chi connectivity index (χ0) is 23.6. The molecule has 0 amide bonds. The van der Waals surface area contributed by atoms with Crippen molar-refractivity contribution in [2.75, 3.05) is 38.6 Å². The SMILES string of the molecule is COC(=O)c1c(NC(=S)N2CCN(S(=O)(=O)c3ccc(Cl)cc3)CC2)sc2c1CCCCC2. The second-order valence-electron chi connectivity index (χ2n) is 8.04. The second-order valence-corrected chi connectivity index (χ2v) is 11.9. The van der Waals surface area contributed by atoms with E-state index < -0.39 is 10.0 Å². The first kappa shape index (κ1) is 24.4. The van der Waals surface area contributed by atoms with E-state index in [1.807, 2.05) is 4.90 Å². The number of methoxy groups -OCH3 is 1. The van der Waals surface area contributed by atoms with Gasteiger partial charge in [0.15, 0.2) is 5.11 Å². The number of esters is 1. The summed E-state index contributed by atoms with van der Waals surface area (Å²) in [6.45, 7) is 1.55. The van der Waals surface area contributed by atoms with Crippen LogP contribution >= 0.6 is 35.2 Å². The smallest absolute Gasteiger partial charge is 0.341 e. The molecule has 1 aliphatic heterocycles. The summed E-state index contributed by atoms with van der Waals surface area (Å²) in [5, 5.41) is 4.95. The lowest BCUT2D eigenvalue weighted by molar-refractivity contribution is 0.0601. The number of rotatable bonds is 4. The van der Waals surface area contributed by atoms with Gasteiger partial charge in [-0.15, -0.1) is 11.3 Å². The van der Waals surface area contributed by atoms with Crippen LogP contribution in [0.2, 0.25) is 5.02 Å². The zero-order valence-corrected chi connectivity index (χ0v) is 21.5. The van der Waals surface area contributed by atoms with Gasteiger partial charge in [-0.1, -0.05) is 18.0 Å². The van der Waals surface area contributed by atoms with Crippen LogP contribution in [0.25, 0.3) is 0 Å². The normalized spacial score (nSPS) is 17.2. The third-order valence-corrected chi connectivity index (χ3v) is 9.74. The molecule has 7 nitrogen and oxygen atoms in total. The predicted octanol–water partition coefficient (Wildman–Crippen LogP) is 4.16. The number of halogens is 1. The monoisotopic (exact) mass is 527 g/mol. The molecule has 1 aromatic carbocycles. The van der Waals surface area contributed by atoms with Crippen LogP contribution in [0, 0.1) is 0 Å². The molecule has 1 fully saturated rings. The number of benzene rings is 1. The number of fused-ring (bicyclic) bond motifs is 1. The van der Waals surface area contributed by atoms with Crippen molar-refractivity contribution in [2.24, 2.45) is 0 Å². The fourth-order valence-electron chi connectivity index (χ4n) is 4.21. The molecule has 0 radical (unpaired) electrons. The Bertz CT molecular complexity index is 1140. The van der Waals surface area contributed by atoms with Gasteiger partial charge in [-0.05, 0) is 67.7 Å². The van der Waals surface area contributed by atoms with Gasteiger partial charge < -0.3 is 15.0 Å². The van der Waals surface area contributed by atoms with Crippen molar-refractivity contribution in [3.05, 3.63) is 45.3 Å². The number of sulfonamides is 1. The summed E-state index contributed by atoms with van der Waals surface area (Å²) < 4.78 is 32.4. The van der Waals surface area contributed by atoms with E-state index in [0.717, 1.165) is 42.7 Å². The Labute approximate surface area is 208 Å². The maximum atomic E-state index is 12.9. The molecule has 11 heteroatoms. The molecule has 0 saturated carbocycles. The van der Waals surface area contributed by atoms with Crippen LogP contribution in [-0.2, 0) is 27.6 Å². The van der Waals surface area contributed by atoms with Gasteiger partial charge in [-0.3, -0.25) is 0 Å². The average molecular weight is 528 g/mol. The molecule has 4 rings (SSSR count). The number of piperazine rings is 1. The third-order valence-electron chi connectivity index (χ3n) is 6.01. The molecule has 0 atom stereocenters. The molecule has 2 aromatic rings. The number of nitrogens with one attached hydrogen (secondary N) is 1. The average Bonchev–Trinajstić information content (AvgIpc) is 2.98. The van der Waals surface area contributed by atoms with E-state index in [1.165, 1.54) is 28.4 Å². The molecule has 2 aliphatic rings. The molecule has 0 spiro atoms. The Morgan fingerprint density at radius 3 is 2.42 bits per heavy atom. The molecular weight excluding hydrogens is 502 g/mol. The van der Waals surface area contributed by atoms with Gasteiger partial charge in [-0.25, -0.2) is 13.2 Å². The second kappa shape index (κ2) is 10.3. The quantitative estimate of drug-likeness (QED) is 0.363. The number of aryl methyl sites for hydroxylation is 1. The first-order valence-electron chi connectivity index (χ1n) is 10.9. The first-order chi connectivity index (χ1) is 15.8. The Morgan fingerprint density at radius 2 is 1.76 bits per heavy atom. The van der Waals surface area contributed by atoms with Gasteiger partial charge in [0, 0.05) is 36.1 Å². The van der Waals surface area contributed by atoms with Crippen molar-refractivity contribution < 1.29 is 17.9 Å². The summed E-state index contributed by atoms with van der Waals surface area (Å²) in [6.07, 6.45) is 5.15. The highest BCUT2D eigenvalue weighted by Gasteiger charge is 2.31. The Hall–Kier alpha value is -1.72. The lowest BCUT2D eigenvalue weighted by Gasteiger charge is -2.35. The number of thiophene rings is 1. The molecule has 1 aliphatic carbocycles. The summed E-state index contributed by atoms with van der Waals surface area (Å²) >= 11 is 13.1. The fourth-order valence-corrected chi connectivity index (χ4v) is 7.39. The summed E-state index contributed by atoms with van der Waals surface area (Å²) in [5.74, 6) is -0.349. The number of anilines is 1. The Morgan fingerprint density at radius 1 is 1.09 bits per heavy atom. The fraction of sp³-hybridized carbons (Fsp3) is 0.455. The summed E-state index contributed by atoms with van der Waals surface area (Å²) in [7, 11) is -2.19. The molecule has 1 N–H and O–H groups in total. The van der Waals surface area contributed by atoms with E-state index >= 15 is 0 Å². The van der Waals surface area contributed by atoms with Crippen molar-refractivity contribution >= 4 is 61.3 Å². The van der Waals surface area contributed by atoms with Crippen LogP contribution in [0.3, 0.4) is 0 Å². The summed E-state index contributed by atoms with van der Waals surface area (Å²) in [5.41, 5.74) is 1.67. The van der Waals surface area contributed by atoms with Crippen molar-refractivity contribution in [1.29, 1.82) is 0 Å².